The second-order valence-corrected chi connectivity index (χ2v) is 9.59. The van der Waals surface area contributed by atoms with Crippen LogP contribution in [0, 0.1) is 0 Å². The van der Waals surface area contributed by atoms with Gasteiger partial charge in [0.25, 0.3) is 5.91 Å². The third-order valence-electron chi connectivity index (χ3n) is 5.15. The van der Waals surface area contributed by atoms with Crippen LogP contribution in [-0.4, -0.2) is 28.1 Å². The lowest BCUT2D eigenvalue weighted by molar-refractivity contribution is 0.0867. The minimum atomic E-state index is -0.270. The maximum Gasteiger partial charge on any atom is 0.280 e. The molecule has 0 atom stereocenters. The number of nitrogens with one attached hydrogen (secondary N) is 1. The molecular formula is C22H19Cl3N2O2S. The van der Waals surface area contributed by atoms with E-state index in [2.05, 4.69) is 10.3 Å². The summed E-state index contributed by atoms with van der Waals surface area (Å²) in [5.74, 6) is -0.215. The van der Waals surface area contributed by atoms with Crippen molar-refractivity contribution in [2.75, 3.05) is 0 Å². The number of aromatic nitrogens is 1. The monoisotopic (exact) mass is 480 g/mol. The van der Waals surface area contributed by atoms with Gasteiger partial charge in [-0.3, -0.25) is 4.79 Å². The van der Waals surface area contributed by atoms with E-state index in [1.807, 2.05) is 18.2 Å². The number of hydrogen-bond acceptors (Lipinski definition) is 4. The molecule has 1 amide bonds. The third-order valence-corrected chi connectivity index (χ3v) is 7.05. The fourth-order valence-electron chi connectivity index (χ4n) is 3.55. The molecule has 0 saturated heterocycles. The molecule has 1 saturated carbocycles. The van der Waals surface area contributed by atoms with E-state index in [1.54, 1.807) is 24.3 Å². The van der Waals surface area contributed by atoms with Crippen molar-refractivity contribution in [3.63, 3.8) is 0 Å². The van der Waals surface area contributed by atoms with Crippen molar-refractivity contribution in [3.8, 4) is 21.7 Å². The number of aliphatic hydroxyl groups is 1. The van der Waals surface area contributed by atoms with Crippen LogP contribution >= 0.6 is 46.1 Å². The van der Waals surface area contributed by atoms with Crippen LogP contribution in [0.2, 0.25) is 15.1 Å². The summed E-state index contributed by atoms with van der Waals surface area (Å²) in [6.07, 6.45) is 2.65. The fraction of sp³-hybridized carbons (Fsp3) is 0.273. The Balaban J connectivity index is 1.70. The predicted molar refractivity (Wildman–Crippen MR) is 124 cm³/mol. The van der Waals surface area contributed by atoms with E-state index in [0.717, 1.165) is 23.3 Å². The van der Waals surface area contributed by atoms with Crippen LogP contribution in [-0.2, 0) is 0 Å². The van der Waals surface area contributed by atoms with Crippen LogP contribution in [0.3, 0.4) is 0 Å². The number of benzene rings is 2. The SMILES string of the molecule is O=C(N[C@H]1CC[C@H](O)CC1)c1nc(-c2ccc(Cl)cc2Cl)c(-c2ccc(Cl)cc2)s1. The highest BCUT2D eigenvalue weighted by molar-refractivity contribution is 7.17. The molecule has 8 heteroatoms. The highest BCUT2D eigenvalue weighted by Crippen LogP contribution is 2.40. The number of hydrogen-bond donors (Lipinski definition) is 2. The standard InChI is InChI=1S/C22H19Cl3N2O2S/c23-13-3-1-12(2-4-13)20-19(17-10-5-14(24)11-18(17)25)27-22(30-20)21(29)26-15-6-8-16(28)9-7-15/h1-5,10-11,15-16,28H,6-9H2,(H,26,29)/t15-,16-. The topological polar surface area (TPSA) is 62.2 Å². The Bertz CT molecular complexity index is 1060. The minimum Gasteiger partial charge on any atom is -0.393 e. The van der Waals surface area contributed by atoms with Crippen molar-refractivity contribution in [2.24, 2.45) is 0 Å². The summed E-state index contributed by atoms with van der Waals surface area (Å²) < 4.78 is 0. The van der Waals surface area contributed by atoms with Gasteiger partial charge < -0.3 is 10.4 Å². The maximum atomic E-state index is 12.9. The van der Waals surface area contributed by atoms with Gasteiger partial charge in [0.1, 0.15) is 0 Å². The summed E-state index contributed by atoms with van der Waals surface area (Å²) in [5.41, 5.74) is 2.24. The molecule has 1 aliphatic rings. The van der Waals surface area contributed by atoms with E-state index in [0.29, 0.717) is 44.2 Å². The molecule has 1 heterocycles. The zero-order valence-electron chi connectivity index (χ0n) is 15.9. The highest BCUT2D eigenvalue weighted by atomic mass is 35.5. The maximum absolute atomic E-state index is 12.9. The quantitative estimate of drug-likeness (QED) is 0.449. The molecule has 3 aromatic rings. The largest absolute Gasteiger partial charge is 0.393 e. The van der Waals surface area contributed by atoms with Crippen molar-refractivity contribution in [2.45, 2.75) is 37.8 Å². The van der Waals surface area contributed by atoms with Gasteiger partial charge in [-0.25, -0.2) is 4.98 Å². The van der Waals surface area contributed by atoms with Crippen LogP contribution in [0.1, 0.15) is 35.5 Å². The van der Waals surface area contributed by atoms with E-state index in [4.69, 9.17) is 34.8 Å². The Morgan fingerprint density at radius 2 is 1.67 bits per heavy atom. The average Bonchev–Trinajstić information content (AvgIpc) is 3.15. The van der Waals surface area contributed by atoms with Crippen LogP contribution in [0.5, 0.6) is 0 Å². The lowest BCUT2D eigenvalue weighted by Crippen LogP contribution is -2.38. The first-order valence-electron chi connectivity index (χ1n) is 9.62. The number of carbonyl (C=O) groups is 1. The molecule has 0 aliphatic heterocycles. The first-order valence-corrected chi connectivity index (χ1v) is 11.6. The molecule has 1 aromatic heterocycles. The molecule has 4 nitrogen and oxygen atoms in total. The molecular weight excluding hydrogens is 463 g/mol. The highest BCUT2D eigenvalue weighted by Gasteiger charge is 2.25. The molecule has 156 valence electrons. The molecule has 0 unspecified atom stereocenters. The van der Waals surface area contributed by atoms with Crippen LogP contribution < -0.4 is 5.32 Å². The van der Waals surface area contributed by atoms with E-state index in [-0.39, 0.29) is 18.1 Å². The first kappa shape index (κ1) is 21.6. The van der Waals surface area contributed by atoms with Crippen LogP contribution in [0.25, 0.3) is 21.7 Å². The lowest BCUT2D eigenvalue weighted by atomic mass is 9.93. The van der Waals surface area contributed by atoms with Crippen molar-refractivity contribution in [1.82, 2.24) is 10.3 Å². The van der Waals surface area contributed by atoms with Crippen LogP contribution in [0.15, 0.2) is 42.5 Å². The number of halogens is 3. The molecule has 0 spiro atoms. The molecule has 2 aromatic carbocycles. The van der Waals surface area contributed by atoms with Gasteiger partial charge in [-0.1, -0.05) is 46.9 Å². The zero-order valence-corrected chi connectivity index (χ0v) is 19.0. The number of nitrogens with zero attached hydrogens (tertiary/aromatic N) is 1. The molecule has 30 heavy (non-hydrogen) atoms. The number of thiazole rings is 1. The summed E-state index contributed by atoms with van der Waals surface area (Å²) >= 11 is 19.9. The second-order valence-electron chi connectivity index (χ2n) is 7.31. The molecule has 0 bridgehead atoms. The third kappa shape index (κ3) is 4.82. The Labute approximate surface area is 193 Å². The molecule has 1 fully saturated rings. The van der Waals surface area contributed by atoms with E-state index >= 15 is 0 Å². The summed E-state index contributed by atoms with van der Waals surface area (Å²) in [5, 5.41) is 14.7. The molecule has 4 rings (SSSR count). The van der Waals surface area contributed by atoms with E-state index < -0.39 is 0 Å². The van der Waals surface area contributed by atoms with E-state index in [1.165, 1.54) is 11.3 Å². The normalized spacial score (nSPS) is 18.9. The smallest absolute Gasteiger partial charge is 0.280 e. The number of amides is 1. The average molecular weight is 482 g/mol. The van der Waals surface area contributed by atoms with Gasteiger partial charge in [-0.05, 0) is 61.6 Å². The Hall–Kier alpha value is -1.63. The van der Waals surface area contributed by atoms with Gasteiger partial charge in [-0.2, -0.15) is 0 Å². The van der Waals surface area contributed by atoms with Gasteiger partial charge >= 0.3 is 0 Å². The first-order chi connectivity index (χ1) is 14.4. The second kappa shape index (κ2) is 9.25. The summed E-state index contributed by atoms with van der Waals surface area (Å²) in [6, 6.07) is 12.7. The zero-order chi connectivity index (χ0) is 21.3. The molecule has 2 N–H and O–H groups in total. The number of carbonyl (C=O) groups excluding carboxylic acids is 1. The van der Waals surface area contributed by atoms with Crippen LogP contribution in [0.4, 0.5) is 0 Å². The van der Waals surface area contributed by atoms with Crippen molar-refractivity contribution in [1.29, 1.82) is 0 Å². The predicted octanol–water partition coefficient (Wildman–Crippen LogP) is 6.47. The Morgan fingerprint density at radius 1 is 1.00 bits per heavy atom. The Kier molecular flexibility index (Phi) is 6.66. The molecule has 1 aliphatic carbocycles. The van der Waals surface area contributed by atoms with Gasteiger partial charge in [0.15, 0.2) is 5.01 Å². The van der Waals surface area contributed by atoms with E-state index in [9.17, 15) is 9.90 Å². The Morgan fingerprint density at radius 3 is 2.33 bits per heavy atom. The van der Waals surface area contributed by atoms with Gasteiger partial charge in [-0.15, -0.1) is 11.3 Å². The minimum absolute atomic E-state index is 0.0475. The summed E-state index contributed by atoms with van der Waals surface area (Å²) in [6.45, 7) is 0. The summed E-state index contributed by atoms with van der Waals surface area (Å²) in [7, 11) is 0. The van der Waals surface area contributed by atoms with Crippen molar-refractivity contribution < 1.29 is 9.90 Å². The van der Waals surface area contributed by atoms with Gasteiger partial charge in [0, 0.05) is 21.7 Å². The van der Waals surface area contributed by atoms with Crippen molar-refractivity contribution in [3.05, 3.63) is 62.5 Å². The van der Waals surface area contributed by atoms with Gasteiger partial charge in [0.2, 0.25) is 0 Å². The lowest BCUT2D eigenvalue weighted by Gasteiger charge is -2.25. The van der Waals surface area contributed by atoms with Crippen molar-refractivity contribution >= 4 is 52.0 Å². The summed E-state index contributed by atoms with van der Waals surface area (Å²) in [4.78, 5) is 18.4. The molecule has 0 radical (unpaired) electrons. The number of aliphatic hydroxyl groups excluding tert-OH is 1. The van der Waals surface area contributed by atoms with Gasteiger partial charge in [0.05, 0.1) is 21.7 Å². The number of rotatable bonds is 4. The fourth-order valence-corrected chi connectivity index (χ4v) is 5.16.